The summed E-state index contributed by atoms with van der Waals surface area (Å²) in [6, 6.07) is 15.1. The predicted octanol–water partition coefficient (Wildman–Crippen LogP) is 13.1. The number of ether oxygens (including phenoxy) is 13. The average molecular weight is 2080 g/mol. The summed E-state index contributed by atoms with van der Waals surface area (Å²) in [6.45, 7) is 46.6. The fourth-order valence-electron chi connectivity index (χ4n) is 18.9. The normalized spacial score (nSPS) is 26.8. The van der Waals surface area contributed by atoms with Gasteiger partial charge in [-0.1, -0.05) is 95.7 Å². The van der Waals surface area contributed by atoms with Crippen molar-refractivity contribution < 1.29 is 181 Å². The van der Waals surface area contributed by atoms with Crippen molar-refractivity contribution in [3.05, 3.63) is 176 Å². The molecule has 2 aromatic rings. The largest absolute Gasteiger partial charge is 0.462 e. The highest BCUT2D eigenvalue weighted by Gasteiger charge is 2.51. The van der Waals surface area contributed by atoms with Gasteiger partial charge in [0.2, 0.25) is 0 Å². The first-order valence-electron chi connectivity index (χ1n) is 48.7. The van der Waals surface area contributed by atoms with Crippen LogP contribution in [0.5, 0.6) is 5.75 Å². The van der Waals surface area contributed by atoms with Crippen LogP contribution >= 0.6 is 0 Å². The molecule has 0 aliphatic heterocycles. The third-order valence-corrected chi connectivity index (χ3v) is 26.9. The molecular weight excluding hydrogens is 1910 g/mol. The molecule has 9 fully saturated rings. The van der Waals surface area contributed by atoms with Crippen molar-refractivity contribution in [3.8, 4) is 17.6 Å². The molecule has 37 heteroatoms. The number of hydrogen-bond donors (Lipinski definition) is 0. The van der Waals surface area contributed by atoms with Gasteiger partial charge in [0.05, 0.1) is 50.5 Å². The van der Waals surface area contributed by atoms with E-state index >= 15 is 0 Å². The number of alkyl halides is 4. The molecule has 0 bridgehead atoms. The minimum atomic E-state index is -2.07. The summed E-state index contributed by atoms with van der Waals surface area (Å²) in [5, 5.41) is 0. The lowest BCUT2D eigenvalue weighted by Crippen LogP contribution is -2.50. The topological polar surface area (TPSA) is 591 Å². The summed E-state index contributed by atoms with van der Waals surface area (Å²) < 4.78 is 128. The van der Waals surface area contributed by atoms with Crippen molar-refractivity contribution in [1.82, 2.24) is 0 Å². The summed E-state index contributed by atoms with van der Waals surface area (Å²) in [7, 11) is 0. The van der Waals surface area contributed by atoms with Crippen molar-refractivity contribution in [2.75, 3.05) is 26.4 Å². The molecule has 0 heterocycles. The van der Waals surface area contributed by atoms with Crippen molar-refractivity contribution in [1.29, 1.82) is 0 Å². The van der Waals surface area contributed by atoms with Crippen LogP contribution in [0.25, 0.3) is 0 Å². The molecular formula is C109H164F4O33. The van der Waals surface area contributed by atoms with Crippen molar-refractivity contribution in [2.45, 2.75) is 340 Å². The zero-order valence-electron chi connectivity index (χ0n) is 86.1. The van der Waals surface area contributed by atoms with Gasteiger partial charge in [0.15, 0.2) is 12.3 Å². The van der Waals surface area contributed by atoms with E-state index in [0.29, 0.717) is 110 Å². The van der Waals surface area contributed by atoms with Gasteiger partial charge in [0, 0.05) is 75.6 Å². The lowest BCUT2D eigenvalue weighted by Gasteiger charge is -2.42. The third kappa shape index (κ3) is 48.0. The van der Waals surface area contributed by atoms with E-state index in [1.165, 1.54) is 19.4 Å². The van der Waals surface area contributed by atoms with Gasteiger partial charge < -0.3 is 111 Å². The lowest BCUT2D eigenvalue weighted by atomic mass is 9.69. The van der Waals surface area contributed by atoms with Crippen molar-refractivity contribution in [2.24, 2.45) is 53.3 Å². The molecule has 0 aromatic heterocycles. The number of benzene rings is 2. The number of esters is 11. The average Bonchev–Trinajstić information content (AvgIpc) is 0.789. The molecule has 13 unspecified atom stereocenters. The monoisotopic (exact) mass is 2080 g/mol. The van der Waals surface area contributed by atoms with E-state index in [-0.39, 0.29) is 189 Å². The Labute approximate surface area is 856 Å². The van der Waals surface area contributed by atoms with Crippen molar-refractivity contribution in [3.63, 3.8) is 0 Å². The van der Waals surface area contributed by atoms with Gasteiger partial charge in [-0.3, -0.25) is 9.59 Å². The van der Waals surface area contributed by atoms with E-state index < -0.39 is 78.6 Å². The van der Waals surface area contributed by atoms with E-state index in [2.05, 4.69) is 78.0 Å². The standard InChI is InChI=1S/C33H50O10.C20H26F4O4.C20H30O4.C18H26O4.C18H14O2.9H2O/c1-4-30(34)40-20-6-18-38-26-12-8-24(9-13-26)32(36)42-28-16-17-29(23(3)22-28)43-33(37)25-10-14-27(15-11-25)39-19-7-21-41-31(35)5-2;1-9(2)19(25)27-15-6-5-12(16(23)17(15)24)11-7-13(21)18(14(22)8-11)28-20(26)10(3)4;1-13(2)19(21)23-17-9-5-15(6-10-17)16-7-11-18(12-8-16)24-20(22)14(3)4;1-11(2)17(19)21-15-7-5-14-10-16(8-6-13(14)9-15)22-18(20)12(3)4;1-3-18(19)20-17-12-10-16(11-13-17)9-8-15-6-4-14(2)5-7-15;;;;;;;;;/h4-5,23-29H,1-2,6-22H2,3H3;11-18H,1,3,5-8H2,2,4H3;15-18H,1,3,5-12H2,2,4H3;13-16H,1,3,5-10H2,2,4H3;3-7,10-13H,1H2,2H3;9*1H2. The van der Waals surface area contributed by atoms with Crippen LogP contribution < -0.4 is 4.74 Å². The molecule has 9 saturated carbocycles. The maximum atomic E-state index is 14.7. The molecule has 11 rings (SSSR count). The fraction of sp³-hybridized carbons (Fsp3) is 0.606. The second-order valence-corrected chi connectivity index (χ2v) is 38.2. The quantitative estimate of drug-likeness (QED) is 0.0125. The first kappa shape index (κ1) is 139. The Kier molecular flexibility index (Phi) is 68.3. The Morgan fingerprint density at radius 2 is 0.651 bits per heavy atom. The number of hydrogen-bond acceptors (Lipinski definition) is 24. The summed E-state index contributed by atoms with van der Waals surface area (Å²) in [6.07, 6.45) is 16.2. The molecule has 13 atom stereocenters. The van der Waals surface area contributed by atoms with E-state index in [0.717, 1.165) is 171 Å². The number of aryl methyl sites for hydroxylation is 1. The number of rotatable bonds is 32. The maximum Gasteiger partial charge on any atom is 0.335 e. The summed E-state index contributed by atoms with van der Waals surface area (Å²) in [5.41, 5.74) is 5.00. The number of carbonyl (C=O) groups excluding carboxylic acids is 11. The molecule has 0 radical (unpaired) electrons. The Hall–Kier alpha value is -10.9. The highest BCUT2D eigenvalue weighted by molar-refractivity contribution is 5.90. The predicted molar refractivity (Wildman–Crippen MR) is 541 cm³/mol. The van der Waals surface area contributed by atoms with E-state index in [9.17, 15) is 70.3 Å². The van der Waals surface area contributed by atoms with Crippen LogP contribution in [0.2, 0.25) is 0 Å². The SMILES string of the molecule is C=C(C)C(=O)OC1CCC(C2CC(F)C(OC(=O)C(=C)C)C(F)C2)C(F)C1F.C=C(C)C(=O)OC1CCC(C2CCC(OC(=O)C(=C)C)CC2)CC1.C=C(C)C(=O)OC1CCC2CC(OC(=O)C(=C)C)CCC2C1.C=CC(=O)OCCCOC1CCC(C(=O)OC2CCC(OC(=O)C3CCC(OCCCOC(=O)C=C)CC3)C(C)C2)CC1.C=CC(=O)Oc1ccc(C#Cc2ccc(C)cc2)cc1.O.O.O.O.O.O.O.O.O. The molecule has 18 N–H and O–H groups in total. The third-order valence-electron chi connectivity index (χ3n) is 26.9. The summed E-state index contributed by atoms with van der Waals surface area (Å²) in [5.74, 6) is 3.10. The Morgan fingerprint density at radius 1 is 0.329 bits per heavy atom. The maximum absolute atomic E-state index is 14.7. The lowest BCUT2D eigenvalue weighted by molar-refractivity contribution is -0.169. The van der Waals surface area contributed by atoms with Crippen LogP contribution in [-0.2, 0) is 110 Å². The second kappa shape index (κ2) is 71.6. The van der Waals surface area contributed by atoms with Crippen molar-refractivity contribution >= 4 is 65.7 Å². The summed E-state index contributed by atoms with van der Waals surface area (Å²) in [4.78, 5) is 128. The molecule has 0 saturated heterocycles. The van der Waals surface area contributed by atoms with Crippen LogP contribution in [0.1, 0.15) is 264 Å². The molecule has 0 spiro atoms. The zero-order chi connectivity index (χ0) is 101. The zero-order valence-corrected chi connectivity index (χ0v) is 86.1. The molecule has 146 heavy (non-hydrogen) atoms. The van der Waals surface area contributed by atoms with E-state index in [4.69, 9.17) is 61.6 Å². The first-order chi connectivity index (χ1) is 65.2. The van der Waals surface area contributed by atoms with E-state index in [1.807, 2.05) is 43.3 Å². The second-order valence-electron chi connectivity index (χ2n) is 38.2. The van der Waals surface area contributed by atoms with Crippen LogP contribution in [0, 0.1) is 72.0 Å². The van der Waals surface area contributed by atoms with Gasteiger partial charge in [0.1, 0.15) is 67.0 Å². The molecule has 2 aromatic carbocycles. The van der Waals surface area contributed by atoms with Crippen LogP contribution in [0.3, 0.4) is 0 Å². The molecule has 826 valence electrons. The number of carbonyl (C=O) groups is 11. The molecule has 0 amide bonds. The molecule has 9 aliphatic rings. The Balaban J connectivity index is -0.00000177. The minimum Gasteiger partial charge on any atom is -0.462 e. The molecule has 33 nitrogen and oxygen atoms in total. The number of fused-ring (bicyclic) bond motifs is 1. The Bertz CT molecular complexity index is 4410. The van der Waals surface area contributed by atoms with Gasteiger partial charge >= 0.3 is 65.7 Å². The number of halogens is 4. The van der Waals surface area contributed by atoms with Gasteiger partial charge in [-0.25, -0.2) is 60.7 Å². The van der Waals surface area contributed by atoms with Gasteiger partial charge in [-0.05, 0) is 312 Å². The van der Waals surface area contributed by atoms with E-state index in [1.54, 1.807) is 39.8 Å². The minimum absolute atomic E-state index is 0. The van der Waals surface area contributed by atoms with Crippen LogP contribution in [0.15, 0.2) is 159 Å². The van der Waals surface area contributed by atoms with Gasteiger partial charge in [-0.15, -0.1) is 0 Å². The van der Waals surface area contributed by atoms with Crippen LogP contribution in [-0.4, -0.2) is 227 Å². The highest BCUT2D eigenvalue weighted by Crippen LogP contribution is 2.47. The highest BCUT2D eigenvalue weighted by atomic mass is 19.2. The smallest absolute Gasteiger partial charge is 0.335 e. The van der Waals surface area contributed by atoms with Gasteiger partial charge in [0.25, 0.3) is 0 Å². The fourth-order valence-corrected chi connectivity index (χ4v) is 18.9. The first-order valence-corrected chi connectivity index (χ1v) is 48.7. The van der Waals surface area contributed by atoms with Crippen LogP contribution in [0.4, 0.5) is 17.6 Å². The molecule has 9 aliphatic carbocycles. The Morgan fingerprint density at radius 3 is 1.03 bits per heavy atom. The summed E-state index contributed by atoms with van der Waals surface area (Å²) >= 11 is 0. The van der Waals surface area contributed by atoms with Gasteiger partial charge in [-0.2, -0.15) is 0 Å².